The molecule has 1 aromatic carbocycles. The Labute approximate surface area is 233 Å². The number of nitriles is 1. The zero-order chi connectivity index (χ0) is 28.9. The van der Waals surface area contributed by atoms with Crippen molar-refractivity contribution in [3.8, 4) is 29.3 Å². The number of anilines is 1. The predicted molar refractivity (Wildman–Crippen MR) is 143 cm³/mol. The normalized spacial score (nSPS) is 14.4. The maximum atomic E-state index is 14.9. The molecule has 5 rings (SSSR count). The van der Waals surface area contributed by atoms with E-state index in [1.165, 1.54) is 61.3 Å². The molecule has 4 heterocycles. The summed E-state index contributed by atoms with van der Waals surface area (Å²) >= 11 is 6.28. The average molecular weight is 564 g/mol. The first-order valence-corrected chi connectivity index (χ1v) is 12.5. The van der Waals surface area contributed by atoms with Crippen LogP contribution in [0.1, 0.15) is 53.2 Å². The van der Waals surface area contributed by atoms with Gasteiger partial charge in [0.1, 0.15) is 29.4 Å². The fourth-order valence-corrected chi connectivity index (χ4v) is 5.11. The molecule has 11 nitrogen and oxygen atoms in total. The lowest BCUT2D eigenvalue weighted by Crippen LogP contribution is -2.36. The van der Waals surface area contributed by atoms with Crippen molar-refractivity contribution in [2.45, 2.75) is 25.9 Å². The van der Waals surface area contributed by atoms with Gasteiger partial charge in [-0.05, 0) is 37.6 Å². The number of fused-ring (bicyclic) bond motifs is 1. The van der Waals surface area contributed by atoms with Crippen LogP contribution in [0, 0.1) is 17.1 Å². The monoisotopic (exact) mass is 563 g/mol. The number of pyridine rings is 1. The SMILES string of the molecule is COc1ncc(-c2nc3c(n2C(C)C)C(c2ccc(C#N)c(F)c2)N(c2cc(Cl)cn(C)c2=O)C3=O)c(OC)n1. The van der Waals surface area contributed by atoms with Crippen molar-refractivity contribution in [2.24, 2.45) is 7.05 Å². The molecule has 1 aliphatic heterocycles. The van der Waals surface area contributed by atoms with Gasteiger partial charge in [0.2, 0.25) is 5.88 Å². The maximum Gasteiger partial charge on any atom is 0.319 e. The lowest BCUT2D eigenvalue weighted by atomic mass is 10.0. The van der Waals surface area contributed by atoms with Crippen LogP contribution in [-0.4, -0.2) is 44.2 Å². The van der Waals surface area contributed by atoms with E-state index in [1.54, 1.807) is 16.7 Å². The number of hydrogen-bond donors (Lipinski definition) is 0. The molecule has 1 aliphatic rings. The lowest BCUT2D eigenvalue weighted by molar-refractivity contribution is 0.0989. The van der Waals surface area contributed by atoms with Crippen LogP contribution in [0.5, 0.6) is 11.9 Å². The highest BCUT2D eigenvalue weighted by Gasteiger charge is 2.46. The third-order valence-electron chi connectivity index (χ3n) is 6.57. The van der Waals surface area contributed by atoms with E-state index in [2.05, 4.69) is 9.97 Å². The van der Waals surface area contributed by atoms with E-state index in [-0.39, 0.29) is 39.9 Å². The Kier molecular flexibility index (Phi) is 6.77. The number of hydrogen-bond acceptors (Lipinski definition) is 8. The lowest BCUT2D eigenvalue weighted by Gasteiger charge is -2.28. The minimum absolute atomic E-state index is 0.00464. The van der Waals surface area contributed by atoms with Gasteiger partial charge in [0.15, 0.2) is 5.69 Å². The number of benzene rings is 1. The van der Waals surface area contributed by atoms with Crippen molar-refractivity contribution in [3.05, 3.63) is 80.4 Å². The second kappa shape index (κ2) is 10.1. The Bertz CT molecular complexity index is 1780. The van der Waals surface area contributed by atoms with Crippen molar-refractivity contribution in [1.82, 2.24) is 24.1 Å². The van der Waals surface area contributed by atoms with Gasteiger partial charge in [-0.2, -0.15) is 10.2 Å². The van der Waals surface area contributed by atoms with E-state index in [0.717, 1.165) is 0 Å². The van der Waals surface area contributed by atoms with Crippen molar-refractivity contribution in [1.29, 1.82) is 5.26 Å². The molecule has 0 aliphatic carbocycles. The first-order valence-electron chi connectivity index (χ1n) is 12.1. The van der Waals surface area contributed by atoms with Gasteiger partial charge in [-0.15, -0.1) is 0 Å². The number of ether oxygens (including phenoxy) is 2. The first kappa shape index (κ1) is 26.8. The smallest absolute Gasteiger partial charge is 0.319 e. The quantitative estimate of drug-likeness (QED) is 0.344. The molecular weight excluding hydrogens is 541 g/mol. The Morgan fingerprint density at radius 2 is 1.90 bits per heavy atom. The number of carbonyl (C=O) groups excluding carboxylic acids is 1. The zero-order valence-electron chi connectivity index (χ0n) is 22.1. The molecular formula is C27H23ClFN7O4. The van der Waals surface area contributed by atoms with Crippen LogP contribution in [-0.2, 0) is 7.05 Å². The van der Waals surface area contributed by atoms with Crippen LogP contribution in [0.25, 0.3) is 11.4 Å². The molecule has 0 bridgehead atoms. The van der Waals surface area contributed by atoms with E-state index in [9.17, 15) is 19.2 Å². The Morgan fingerprint density at radius 3 is 2.52 bits per heavy atom. The number of carbonyl (C=O) groups is 1. The molecule has 0 saturated carbocycles. The molecule has 0 saturated heterocycles. The third kappa shape index (κ3) is 4.15. The fraction of sp³-hybridized carbons (Fsp3) is 0.259. The number of nitrogens with zero attached hydrogens (tertiary/aromatic N) is 7. The minimum atomic E-state index is -0.982. The zero-order valence-corrected chi connectivity index (χ0v) is 22.9. The number of amides is 1. The number of rotatable bonds is 6. The molecule has 0 fully saturated rings. The van der Waals surface area contributed by atoms with Gasteiger partial charge in [0.05, 0.1) is 36.1 Å². The fourth-order valence-electron chi connectivity index (χ4n) is 4.86. The summed E-state index contributed by atoms with van der Waals surface area (Å²) in [5, 5.41) is 9.50. The third-order valence-corrected chi connectivity index (χ3v) is 6.78. The average Bonchev–Trinajstić information content (AvgIpc) is 3.45. The van der Waals surface area contributed by atoms with Crippen LogP contribution in [0.2, 0.25) is 5.02 Å². The van der Waals surface area contributed by atoms with Crippen LogP contribution < -0.4 is 19.9 Å². The standard InChI is InChI=1S/C27H23ClFN7O4/c1-13(2)35-22-20(32-23(35)17-11-31-27(40-5)33-24(17)39-4)26(38)36(19-9-16(28)12-34(3)25(19)37)21(22)14-6-7-15(10-30)18(29)8-14/h6-9,11-13,21H,1-5H3. The number of methoxy groups -OCH3 is 2. The Balaban J connectivity index is 1.83. The molecule has 1 atom stereocenters. The largest absolute Gasteiger partial charge is 0.480 e. The topological polar surface area (TPSA) is 128 Å². The van der Waals surface area contributed by atoms with Crippen LogP contribution in [0.15, 0.2) is 41.5 Å². The summed E-state index contributed by atoms with van der Waals surface area (Å²) in [6, 6.07) is 6.09. The van der Waals surface area contributed by atoms with Gasteiger partial charge in [0, 0.05) is 25.5 Å². The molecule has 3 aromatic heterocycles. The molecule has 1 amide bonds. The Hall–Kier alpha value is -4.76. The number of aromatic nitrogens is 5. The van der Waals surface area contributed by atoms with Gasteiger partial charge < -0.3 is 18.6 Å². The molecule has 0 radical (unpaired) electrons. The van der Waals surface area contributed by atoms with E-state index in [0.29, 0.717) is 22.6 Å². The minimum Gasteiger partial charge on any atom is -0.480 e. The van der Waals surface area contributed by atoms with Crippen molar-refractivity contribution < 1.29 is 18.7 Å². The van der Waals surface area contributed by atoms with Gasteiger partial charge in [-0.25, -0.2) is 14.4 Å². The predicted octanol–water partition coefficient (Wildman–Crippen LogP) is 4.05. The number of halogens is 2. The summed E-state index contributed by atoms with van der Waals surface area (Å²) < 4.78 is 28.6. The highest BCUT2D eigenvalue weighted by molar-refractivity contribution is 6.30. The van der Waals surface area contributed by atoms with Gasteiger partial charge in [-0.3, -0.25) is 14.5 Å². The van der Waals surface area contributed by atoms with Crippen molar-refractivity contribution in [2.75, 3.05) is 19.1 Å². The molecule has 204 valence electrons. The van der Waals surface area contributed by atoms with Gasteiger partial charge >= 0.3 is 6.01 Å². The molecule has 0 N–H and O–H groups in total. The van der Waals surface area contributed by atoms with Crippen LogP contribution >= 0.6 is 11.6 Å². The van der Waals surface area contributed by atoms with E-state index in [1.807, 2.05) is 13.8 Å². The molecule has 13 heteroatoms. The van der Waals surface area contributed by atoms with Crippen molar-refractivity contribution >= 4 is 23.2 Å². The summed E-state index contributed by atoms with van der Waals surface area (Å²) in [4.78, 5) is 41.7. The number of aryl methyl sites for hydroxylation is 1. The molecule has 4 aromatic rings. The van der Waals surface area contributed by atoms with Gasteiger partial charge in [-0.1, -0.05) is 17.7 Å². The second-order valence-electron chi connectivity index (χ2n) is 9.30. The molecule has 0 spiro atoms. The van der Waals surface area contributed by atoms with Crippen LogP contribution in [0.3, 0.4) is 0 Å². The second-order valence-corrected chi connectivity index (χ2v) is 9.74. The highest BCUT2D eigenvalue weighted by atomic mass is 35.5. The van der Waals surface area contributed by atoms with E-state index >= 15 is 0 Å². The molecule has 1 unspecified atom stereocenters. The summed E-state index contributed by atoms with van der Waals surface area (Å²) in [5.41, 5.74) is 0.554. The van der Waals surface area contributed by atoms with Crippen molar-refractivity contribution in [3.63, 3.8) is 0 Å². The maximum absolute atomic E-state index is 14.9. The Morgan fingerprint density at radius 1 is 1.15 bits per heavy atom. The highest BCUT2D eigenvalue weighted by Crippen LogP contribution is 2.45. The van der Waals surface area contributed by atoms with E-state index in [4.69, 9.17) is 26.1 Å². The van der Waals surface area contributed by atoms with Gasteiger partial charge in [0.25, 0.3) is 11.5 Å². The summed E-state index contributed by atoms with van der Waals surface area (Å²) in [6.07, 6.45) is 2.91. The van der Waals surface area contributed by atoms with Crippen LogP contribution in [0.4, 0.5) is 10.1 Å². The molecule has 40 heavy (non-hydrogen) atoms. The summed E-state index contributed by atoms with van der Waals surface area (Å²) in [5.74, 6) is -0.837. The number of imidazole rings is 1. The van der Waals surface area contributed by atoms with E-state index < -0.39 is 23.3 Å². The first-order chi connectivity index (χ1) is 19.1. The summed E-state index contributed by atoms with van der Waals surface area (Å²) in [7, 11) is 4.38. The summed E-state index contributed by atoms with van der Waals surface area (Å²) in [6.45, 7) is 3.79.